The molecule has 0 atom stereocenters. The third-order valence-corrected chi connectivity index (χ3v) is 4.71. The summed E-state index contributed by atoms with van der Waals surface area (Å²) in [6.45, 7) is 0. The van der Waals surface area contributed by atoms with Crippen molar-refractivity contribution < 1.29 is 14.6 Å². The van der Waals surface area contributed by atoms with E-state index in [2.05, 4.69) is 4.98 Å². The molecule has 3 aromatic rings. The van der Waals surface area contributed by atoms with Crippen LogP contribution in [0.15, 0.2) is 48.5 Å². The van der Waals surface area contributed by atoms with Crippen molar-refractivity contribution >= 4 is 39.2 Å². The molecule has 4 nitrogen and oxygen atoms in total. The quantitative estimate of drug-likeness (QED) is 0.691. The van der Waals surface area contributed by atoms with E-state index in [4.69, 9.17) is 4.74 Å². The lowest BCUT2D eigenvalue weighted by molar-refractivity contribution is -0.305. The second-order valence-electron chi connectivity index (χ2n) is 5.30. The summed E-state index contributed by atoms with van der Waals surface area (Å²) in [5, 5.41) is 11.7. The maximum atomic E-state index is 10.9. The molecule has 0 saturated heterocycles. The van der Waals surface area contributed by atoms with Crippen LogP contribution in [0.1, 0.15) is 23.4 Å². The first-order valence-electron chi connectivity index (χ1n) is 7.56. The van der Waals surface area contributed by atoms with Gasteiger partial charge >= 0.3 is 0 Å². The number of rotatable bonds is 6. The Bertz CT molecular complexity index is 865. The fourth-order valence-electron chi connectivity index (χ4n) is 2.42. The summed E-state index contributed by atoms with van der Waals surface area (Å²) in [5.41, 5.74) is 2.75. The van der Waals surface area contributed by atoms with Crippen LogP contribution in [0, 0.1) is 0 Å². The van der Waals surface area contributed by atoms with Crippen molar-refractivity contribution in [1.29, 1.82) is 0 Å². The number of allylic oxidation sites excluding steroid dienone is 1. The van der Waals surface area contributed by atoms with Crippen LogP contribution in [-0.4, -0.2) is 18.1 Å². The molecule has 0 N–H and O–H groups in total. The van der Waals surface area contributed by atoms with Gasteiger partial charge in [0.05, 0.1) is 17.3 Å². The normalized spacial score (nSPS) is 11.6. The molecule has 3 rings (SSSR count). The van der Waals surface area contributed by atoms with Crippen molar-refractivity contribution in [1.82, 2.24) is 4.98 Å². The number of ether oxygens (including phenoxy) is 1. The van der Waals surface area contributed by atoms with Gasteiger partial charge in [0.2, 0.25) is 0 Å². The SMILES string of the molecule is COc1cccc(/C=C(\CCC(=O)[O-])c2nc3ccccc3s2)c1. The van der Waals surface area contributed by atoms with Gasteiger partial charge in [-0.1, -0.05) is 24.3 Å². The maximum absolute atomic E-state index is 10.9. The molecule has 0 radical (unpaired) electrons. The van der Waals surface area contributed by atoms with Gasteiger partial charge in [0.1, 0.15) is 10.8 Å². The molecule has 0 aliphatic heterocycles. The minimum atomic E-state index is -1.06. The predicted octanol–water partition coefficient (Wildman–Crippen LogP) is 3.38. The fraction of sp³-hybridized carbons (Fsp3) is 0.158. The summed E-state index contributed by atoms with van der Waals surface area (Å²) in [6, 6.07) is 15.5. The van der Waals surface area contributed by atoms with Crippen LogP contribution in [0.4, 0.5) is 0 Å². The lowest BCUT2D eigenvalue weighted by atomic mass is 10.1. The van der Waals surface area contributed by atoms with Gasteiger partial charge in [-0.25, -0.2) is 4.98 Å². The zero-order valence-corrected chi connectivity index (χ0v) is 14.0. The highest BCUT2D eigenvalue weighted by molar-refractivity contribution is 7.19. The molecule has 0 spiro atoms. The Hall–Kier alpha value is -2.66. The number of fused-ring (bicyclic) bond motifs is 1. The fourth-order valence-corrected chi connectivity index (χ4v) is 3.43. The van der Waals surface area contributed by atoms with Crippen molar-refractivity contribution in [3.8, 4) is 5.75 Å². The summed E-state index contributed by atoms with van der Waals surface area (Å²) in [7, 11) is 1.62. The van der Waals surface area contributed by atoms with E-state index in [9.17, 15) is 9.90 Å². The number of para-hydroxylation sites is 1. The number of carbonyl (C=O) groups is 1. The standard InChI is InChI=1S/C19H17NO3S/c1-23-15-6-4-5-13(12-15)11-14(9-10-18(21)22)19-20-16-7-2-3-8-17(16)24-19/h2-8,11-12H,9-10H2,1H3,(H,21,22)/p-1/b14-11+. The van der Waals surface area contributed by atoms with Crippen molar-refractivity contribution in [2.45, 2.75) is 12.8 Å². The second kappa shape index (κ2) is 7.27. The van der Waals surface area contributed by atoms with E-state index in [0.29, 0.717) is 6.42 Å². The van der Waals surface area contributed by atoms with E-state index in [1.165, 1.54) is 0 Å². The Balaban J connectivity index is 2.01. The van der Waals surface area contributed by atoms with Gasteiger partial charge in [0.15, 0.2) is 0 Å². The molecule has 0 aliphatic rings. The van der Waals surface area contributed by atoms with E-state index in [-0.39, 0.29) is 6.42 Å². The van der Waals surface area contributed by atoms with Crippen LogP contribution < -0.4 is 9.84 Å². The number of aromatic nitrogens is 1. The topological polar surface area (TPSA) is 62.2 Å². The highest BCUT2D eigenvalue weighted by Gasteiger charge is 2.09. The zero-order chi connectivity index (χ0) is 16.9. The van der Waals surface area contributed by atoms with Crippen LogP contribution in [0.5, 0.6) is 5.75 Å². The van der Waals surface area contributed by atoms with E-state index in [1.807, 2.05) is 54.6 Å². The lowest BCUT2D eigenvalue weighted by Crippen LogP contribution is -2.21. The number of nitrogens with zero attached hydrogens (tertiary/aromatic N) is 1. The van der Waals surface area contributed by atoms with Crippen LogP contribution in [0.2, 0.25) is 0 Å². The average Bonchev–Trinajstić information content (AvgIpc) is 3.02. The van der Waals surface area contributed by atoms with Gasteiger partial charge in [-0.3, -0.25) is 0 Å². The van der Waals surface area contributed by atoms with Gasteiger partial charge in [-0.15, -0.1) is 11.3 Å². The van der Waals surface area contributed by atoms with Crippen molar-refractivity contribution in [3.05, 3.63) is 59.1 Å². The number of hydrogen-bond donors (Lipinski definition) is 0. The van der Waals surface area contributed by atoms with Gasteiger partial charge in [0, 0.05) is 5.97 Å². The monoisotopic (exact) mass is 338 g/mol. The van der Waals surface area contributed by atoms with Crippen molar-refractivity contribution in [2.24, 2.45) is 0 Å². The molecule has 0 aliphatic carbocycles. The number of hydrogen-bond acceptors (Lipinski definition) is 5. The van der Waals surface area contributed by atoms with Crippen LogP contribution in [0.25, 0.3) is 21.9 Å². The van der Waals surface area contributed by atoms with Gasteiger partial charge in [-0.05, 0) is 54.3 Å². The van der Waals surface area contributed by atoms with Crippen molar-refractivity contribution in [2.75, 3.05) is 7.11 Å². The predicted molar refractivity (Wildman–Crippen MR) is 94.7 cm³/mol. The molecule has 0 unspecified atom stereocenters. The molecule has 1 aromatic heterocycles. The van der Waals surface area contributed by atoms with E-state index < -0.39 is 5.97 Å². The summed E-state index contributed by atoms with van der Waals surface area (Å²) in [5.74, 6) is -0.306. The summed E-state index contributed by atoms with van der Waals surface area (Å²) in [4.78, 5) is 15.5. The molecule has 0 amide bonds. The number of methoxy groups -OCH3 is 1. The van der Waals surface area contributed by atoms with Crippen LogP contribution in [-0.2, 0) is 4.79 Å². The molecule has 0 saturated carbocycles. The molecule has 24 heavy (non-hydrogen) atoms. The number of aliphatic carboxylic acids is 1. The number of benzene rings is 2. The van der Waals surface area contributed by atoms with Crippen LogP contribution >= 0.6 is 11.3 Å². The molecule has 1 heterocycles. The van der Waals surface area contributed by atoms with Gasteiger partial charge < -0.3 is 14.6 Å². The van der Waals surface area contributed by atoms with E-state index in [0.717, 1.165) is 32.1 Å². The summed E-state index contributed by atoms with van der Waals surface area (Å²) >= 11 is 1.56. The Morgan fingerprint density at radius 1 is 1.21 bits per heavy atom. The minimum Gasteiger partial charge on any atom is -0.550 e. The average molecular weight is 338 g/mol. The summed E-state index contributed by atoms with van der Waals surface area (Å²) < 4.78 is 6.32. The number of carboxylic acid groups (broad SMARTS) is 1. The highest BCUT2D eigenvalue weighted by Crippen LogP contribution is 2.31. The molecule has 2 aromatic carbocycles. The van der Waals surface area contributed by atoms with E-state index in [1.54, 1.807) is 18.4 Å². The Kier molecular flexibility index (Phi) is 4.91. The zero-order valence-electron chi connectivity index (χ0n) is 13.2. The highest BCUT2D eigenvalue weighted by atomic mass is 32.1. The smallest absolute Gasteiger partial charge is 0.120 e. The Morgan fingerprint density at radius 2 is 2.04 bits per heavy atom. The maximum Gasteiger partial charge on any atom is 0.120 e. The molecule has 122 valence electrons. The summed E-state index contributed by atoms with van der Waals surface area (Å²) in [6.07, 6.45) is 2.30. The second-order valence-corrected chi connectivity index (χ2v) is 6.34. The largest absolute Gasteiger partial charge is 0.550 e. The Morgan fingerprint density at radius 3 is 2.79 bits per heavy atom. The molecule has 0 fully saturated rings. The van der Waals surface area contributed by atoms with Crippen molar-refractivity contribution in [3.63, 3.8) is 0 Å². The number of thiazole rings is 1. The third kappa shape index (κ3) is 3.81. The molecular weight excluding hydrogens is 322 g/mol. The van der Waals surface area contributed by atoms with Gasteiger partial charge in [-0.2, -0.15) is 0 Å². The molecular formula is C19H16NO3S-. The Labute approximate surface area is 144 Å². The van der Waals surface area contributed by atoms with Crippen LogP contribution in [0.3, 0.4) is 0 Å². The lowest BCUT2D eigenvalue weighted by Gasteiger charge is -2.07. The first-order valence-corrected chi connectivity index (χ1v) is 8.38. The van der Waals surface area contributed by atoms with Gasteiger partial charge in [0.25, 0.3) is 0 Å². The number of carbonyl (C=O) groups excluding carboxylic acids is 1. The van der Waals surface area contributed by atoms with E-state index >= 15 is 0 Å². The first-order chi connectivity index (χ1) is 11.7. The minimum absolute atomic E-state index is 0.0360. The first kappa shape index (κ1) is 16.2. The number of carboxylic acids is 1. The molecule has 0 bridgehead atoms. The molecule has 5 heteroatoms. The third-order valence-electron chi connectivity index (χ3n) is 3.60.